The van der Waals surface area contributed by atoms with E-state index in [2.05, 4.69) is 39.4 Å². The minimum Gasteiger partial charge on any atom is -0.369 e. The molecule has 98 valence electrons. The molecule has 4 nitrogen and oxygen atoms in total. The van der Waals surface area contributed by atoms with E-state index in [4.69, 9.17) is 0 Å². The molecule has 1 heterocycles. The summed E-state index contributed by atoms with van der Waals surface area (Å²) in [5.74, 6) is 0.100. The highest BCUT2D eigenvalue weighted by atomic mass is 16.2. The molecule has 1 aliphatic rings. The van der Waals surface area contributed by atoms with Crippen molar-refractivity contribution in [2.75, 3.05) is 38.1 Å². The Labute approximate surface area is 109 Å². The van der Waals surface area contributed by atoms with E-state index in [1.807, 2.05) is 13.0 Å². The predicted molar refractivity (Wildman–Crippen MR) is 73.8 cm³/mol. The zero-order valence-corrected chi connectivity index (χ0v) is 11.1. The van der Waals surface area contributed by atoms with Gasteiger partial charge in [0.1, 0.15) is 0 Å². The number of piperazine rings is 1. The number of nitrogens with zero attached hydrogens (tertiary/aromatic N) is 2. The lowest BCUT2D eigenvalue weighted by Gasteiger charge is -2.38. The summed E-state index contributed by atoms with van der Waals surface area (Å²) in [6, 6.07) is 10.4. The van der Waals surface area contributed by atoms with Gasteiger partial charge in [-0.05, 0) is 19.1 Å². The summed E-state index contributed by atoms with van der Waals surface area (Å²) in [7, 11) is 1.69. The van der Waals surface area contributed by atoms with E-state index < -0.39 is 0 Å². The molecule has 2 rings (SSSR count). The van der Waals surface area contributed by atoms with Crippen LogP contribution in [0.1, 0.15) is 6.92 Å². The number of carbonyl (C=O) groups is 1. The summed E-state index contributed by atoms with van der Waals surface area (Å²) >= 11 is 0. The molecule has 0 radical (unpaired) electrons. The molecule has 1 N–H and O–H groups in total. The number of hydrogen-bond acceptors (Lipinski definition) is 3. The van der Waals surface area contributed by atoms with E-state index in [1.165, 1.54) is 5.69 Å². The largest absolute Gasteiger partial charge is 0.369 e. The molecule has 18 heavy (non-hydrogen) atoms. The second-order valence-corrected chi connectivity index (χ2v) is 4.65. The van der Waals surface area contributed by atoms with Crippen LogP contribution in [-0.4, -0.2) is 50.1 Å². The van der Waals surface area contributed by atoms with Gasteiger partial charge in [-0.25, -0.2) is 0 Å². The summed E-state index contributed by atoms with van der Waals surface area (Å²) < 4.78 is 0. The number of hydrogen-bond donors (Lipinski definition) is 1. The van der Waals surface area contributed by atoms with Gasteiger partial charge in [-0.3, -0.25) is 9.69 Å². The second-order valence-electron chi connectivity index (χ2n) is 4.65. The lowest BCUT2D eigenvalue weighted by molar-refractivity contribution is -0.125. The molecule has 1 atom stereocenters. The maximum absolute atomic E-state index is 11.6. The average molecular weight is 247 g/mol. The standard InChI is InChI=1S/C14H21N3O/c1-12(14(18)15-2)16-8-10-17(11-9-16)13-6-4-3-5-7-13/h3-7,12H,8-11H2,1-2H3,(H,15,18)/t12-/m1/s1. The first kappa shape index (κ1) is 12.9. The third-order valence-electron chi connectivity index (χ3n) is 3.61. The van der Waals surface area contributed by atoms with Gasteiger partial charge in [-0.15, -0.1) is 0 Å². The summed E-state index contributed by atoms with van der Waals surface area (Å²) in [6.07, 6.45) is 0. The van der Waals surface area contributed by atoms with Gasteiger partial charge in [0.05, 0.1) is 6.04 Å². The van der Waals surface area contributed by atoms with Gasteiger partial charge in [0.25, 0.3) is 0 Å². The molecule has 0 unspecified atom stereocenters. The Hall–Kier alpha value is -1.55. The van der Waals surface area contributed by atoms with Crippen LogP contribution in [0.3, 0.4) is 0 Å². The van der Waals surface area contributed by atoms with Gasteiger partial charge >= 0.3 is 0 Å². The molecule has 1 saturated heterocycles. The van der Waals surface area contributed by atoms with Crippen molar-refractivity contribution in [2.24, 2.45) is 0 Å². The predicted octanol–water partition coefficient (Wildman–Crippen LogP) is 0.943. The molecule has 1 amide bonds. The van der Waals surface area contributed by atoms with E-state index in [1.54, 1.807) is 7.05 Å². The monoisotopic (exact) mass is 247 g/mol. The number of nitrogens with one attached hydrogen (secondary N) is 1. The molecule has 0 saturated carbocycles. The summed E-state index contributed by atoms with van der Waals surface area (Å²) in [5, 5.41) is 2.71. The molecule has 4 heteroatoms. The van der Waals surface area contributed by atoms with Crippen LogP contribution >= 0.6 is 0 Å². The number of benzene rings is 1. The number of para-hydroxylation sites is 1. The molecule has 0 spiro atoms. The lowest BCUT2D eigenvalue weighted by Crippen LogP contribution is -2.53. The Morgan fingerprint density at radius 1 is 1.17 bits per heavy atom. The van der Waals surface area contributed by atoms with E-state index in [-0.39, 0.29) is 11.9 Å². The van der Waals surface area contributed by atoms with Crippen molar-refractivity contribution in [3.8, 4) is 0 Å². The lowest BCUT2D eigenvalue weighted by atomic mass is 10.2. The van der Waals surface area contributed by atoms with Crippen molar-refractivity contribution in [3.63, 3.8) is 0 Å². The maximum Gasteiger partial charge on any atom is 0.236 e. The first-order valence-corrected chi connectivity index (χ1v) is 6.48. The number of likely N-dealkylation sites (N-methyl/N-ethyl adjacent to an activating group) is 1. The van der Waals surface area contributed by atoms with Crippen molar-refractivity contribution < 1.29 is 4.79 Å². The first-order valence-electron chi connectivity index (χ1n) is 6.48. The van der Waals surface area contributed by atoms with Crippen LogP contribution in [0.15, 0.2) is 30.3 Å². The van der Waals surface area contributed by atoms with E-state index >= 15 is 0 Å². The maximum atomic E-state index is 11.6. The zero-order chi connectivity index (χ0) is 13.0. The van der Waals surface area contributed by atoms with Crippen LogP contribution in [0.2, 0.25) is 0 Å². The van der Waals surface area contributed by atoms with Crippen LogP contribution in [-0.2, 0) is 4.79 Å². The molecular weight excluding hydrogens is 226 g/mol. The zero-order valence-electron chi connectivity index (χ0n) is 11.1. The van der Waals surface area contributed by atoms with E-state index in [9.17, 15) is 4.79 Å². The normalized spacial score (nSPS) is 18.4. The van der Waals surface area contributed by atoms with Gasteiger partial charge in [-0.1, -0.05) is 18.2 Å². The minimum absolute atomic E-state index is 0.0343. The van der Waals surface area contributed by atoms with Crippen molar-refractivity contribution in [2.45, 2.75) is 13.0 Å². The van der Waals surface area contributed by atoms with Crippen molar-refractivity contribution in [1.29, 1.82) is 0 Å². The van der Waals surface area contributed by atoms with Crippen LogP contribution in [0.4, 0.5) is 5.69 Å². The number of rotatable bonds is 3. The van der Waals surface area contributed by atoms with Crippen LogP contribution in [0, 0.1) is 0 Å². The Morgan fingerprint density at radius 3 is 2.33 bits per heavy atom. The molecule has 0 aliphatic carbocycles. The van der Waals surface area contributed by atoms with E-state index in [0.29, 0.717) is 0 Å². The first-order chi connectivity index (χ1) is 8.72. The Balaban J connectivity index is 1.90. The van der Waals surface area contributed by atoms with Gasteiger partial charge in [0.2, 0.25) is 5.91 Å². The fourth-order valence-corrected chi connectivity index (χ4v) is 2.38. The molecule has 1 fully saturated rings. The van der Waals surface area contributed by atoms with Crippen molar-refractivity contribution in [3.05, 3.63) is 30.3 Å². The fourth-order valence-electron chi connectivity index (χ4n) is 2.38. The Morgan fingerprint density at radius 2 is 1.78 bits per heavy atom. The number of amides is 1. The van der Waals surface area contributed by atoms with E-state index in [0.717, 1.165) is 26.2 Å². The smallest absolute Gasteiger partial charge is 0.236 e. The molecule has 0 aromatic heterocycles. The Bertz CT molecular complexity index is 385. The molecular formula is C14H21N3O. The van der Waals surface area contributed by atoms with Crippen LogP contribution in [0.5, 0.6) is 0 Å². The van der Waals surface area contributed by atoms with Gasteiger partial charge in [0.15, 0.2) is 0 Å². The highest BCUT2D eigenvalue weighted by Gasteiger charge is 2.24. The summed E-state index contributed by atoms with van der Waals surface area (Å²) in [6.45, 7) is 5.79. The summed E-state index contributed by atoms with van der Waals surface area (Å²) in [4.78, 5) is 16.2. The van der Waals surface area contributed by atoms with Crippen LogP contribution in [0.25, 0.3) is 0 Å². The molecule has 1 aromatic rings. The van der Waals surface area contributed by atoms with Gasteiger partial charge < -0.3 is 10.2 Å². The number of anilines is 1. The highest BCUT2D eigenvalue weighted by molar-refractivity contribution is 5.81. The fraction of sp³-hybridized carbons (Fsp3) is 0.500. The third kappa shape index (κ3) is 2.82. The molecule has 1 aromatic carbocycles. The minimum atomic E-state index is -0.0343. The second kappa shape index (κ2) is 5.87. The van der Waals surface area contributed by atoms with Crippen molar-refractivity contribution >= 4 is 11.6 Å². The van der Waals surface area contributed by atoms with Crippen LogP contribution < -0.4 is 10.2 Å². The topological polar surface area (TPSA) is 35.6 Å². The quantitative estimate of drug-likeness (QED) is 0.863. The number of carbonyl (C=O) groups excluding carboxylic acids is 1. The third-order valence-corrected chi connectivity index (χ3v) is 3.61. The average Bonchev–Trinajstić information content (AvgIpc) is 2.47. The van der Waals surface area contributed by atoms with Gasteiger partial charge in [0, 0.05) is 38.9 Å². The van der Waals surface area contributed by atoms with Crippen molar-refractivity contribution in [1.82, 2.24) is 10.2 Å². The molecule has 0 bridgehead atoms. The SMILES string of the molecule is CNC(=O)[C@@H](C)N1CCN(c2ccccc2)CC1. The summed E-state index contributed by atoms with van der Waals surface area (Å²) in [5.41, 5.74) is 1.27. The highest BCUT2D eigenvalue weighted by Crippen LogP contribution is 2.16. The van der Waals surface area contributed by atoms with Gasteiger partial charge in [-0.2, -0.15) is 0 Å². The molecule has 1 aliphatic heterocycles. The Kier molecular flexibility index (Phi) is 4.20.